The summed E-state index contributed by atoms with van der Waals surface area (Å²) in [5, 5.41) is 3.24. The van der Waals surface area contributed by atoms with Gasteiger partial charge >= 0.3 is 0 Å². The number of benzene rings is 1. The van der Waals surface area contributed by atoms with Gasteiger partial charge in [0.25, 0.3) is 0 Å². The fourth-order valence-corrected chi connectivity index (χ4v) is 1.73. The second kappa shape index (κ2) is 3.26. The van der Waals surface area contributed by atoms with Crippen LogP contribution in [0.15, 0.2) is 24.3 Å². The van der Waals surface area contributed by atoms with Crippen molar-refractivity contribution in [3.63, 3.8) is 0 Å². The monoisotopic (exact) mass is 177 g/mol. The molecule has 13 heavy (non-hydrogen) atoms. The Morgan fingerprint density at radius 1 is 1.46 bits per heavy atom. The third kappa shape index (κ3) is 1.35. The van der Waals surface area contributed by atoms with E-state index in [-0.39, 0.29) is 6.29 Å². The molecule has 1 aliphatic rings. The van der Waals surface area contributed by atoms with Gasteiger partial charge in [0, 0.05) is 6.54 Å². The number of nitrogens with one attached hydrogen (secondary N) is 1. The first kappa shape index (κ1) is 8.38. The van der Waals surface area contributed by atoms with Gasteiger partial charge in [-0.05, 0) is 18.6 Å². The van der Waals surface area contributed by atoms with E-state index >= 15 is 0 Å². The molecule has 0 bridgehead atoms. The van der Waals surface area contributed by atoms with Crippen molar-refractivity contribution >= 4 is 11.4 Å². The molecule has 1 aliphatic heterocycles. The molecule has 2 rings (SSSR count). The molecule has 1 aromatic carbocycles. The highest BCUT2D eigenvalue weighted by Gasteiger charge is 2.23. The summed E-state index contributed by atoms with van der Waals surface area (Å²) in [6.45, 7) is 3.17. The summed E-state index contributed by atoms with van der Waals surface area (Å²) in [6.07, 6.45) is 1.06. The maximum atomic E-state index is 5.93. The van der Waals surface area contributed by atoms with Gasteiger partial charge in [0.2, 0.25) is 0 Å². The summed E-state index contributed by atoms with van der Waals surface area (Å²) < 4.78 is 0. The Balaban J connectivity index is 2.29. The average molecular weight is 177 g/mol. The van der Waals surface area contributed by atoms with Crippen LogP contribution in [0.2, 0.25) is 0 Å². The first-order valence-electron chi connectivity index (χ1n) is 4.70. The van der Waals surface area contributed by atoms with Crippen LogP contribution in [0.5, 0.6) is 0 Å². The zero-order valence-electron chi connectivity index (χ0n) is 7.83. The fraction of sp³-hybridized carbons (Fsp3) is 0.400. The van der Waals surface area contributed by atoms with Crippen molar-refractivity contribution in [1.29, 1.82) is 0 Å². The maximum Gasteiger partial charge on any atom is 0.153 e. The van der Waals surface area contributed by atoms with E-state index in [4.69, 9.17) is 5.73 Å². The van der Waals surface area contributed by atoms with Crippen LogP contribution in [0, 0.1) is 0 Å². The molecule has 70 valence electrons. The van der Waals surface area contributed by atoms with Crippen molar-refractivity contribution in [2.24, 2.45) is 5.73 Å². The van der Waals surface area contributed by atoms with E-state index in [1.54, 1.807) is 0 Å². The van der Waals surface area contributed by atoms with Crippen LogP contribution in [0.4, 0.5) is 11.4 Å². The van der Waals surface area contributed by atoms with Gasteiger partial charge < -0.3 is 10.2 Å². The molecule has 0 aromatic heterocycles. The summed E-state index contributed by atoms with van der Waals surface area (Å²) in [4.78, 5) is 2.19. The first-order chi connectivity index (χ1) is 6.33. The number of hydrogen-bond acceptors (Lipinski definition) is 3. The molecule has 0 radical (unpaired) electrons. The van der Waals surface area contributed by atoms with Crippen molar-refractivity contribution in [3.05, 3.63) is 24.3 Å². The molecule has 1 atom stereocenters. The van der Waals surface area contributed by atoms with Gasteiger partial charge in [-0.25, -0.2) is 0 Å². The van der Waals surface area contributed by atoms with E-state index in [2.05, 4.69) is 29.3 Å². The summed E-state index contributed by atoms with van der Waals surface area (Å²) in [5.41, 5.74) is 8.29. The zero-order chi connectivity index (χ0) is 9.26. The number of nitrogens with zero attached hydrogens (tertiary/aromatic N) is 1. The lowest BCUT2D eigenvalue weighted by Gasteiger charge is -2.22. The summed E-state index contributed by atoms with van der Waals surface area (Å²) in [5.74, 6) is 0. The normalized spacial score (nSPS) is 19.8. The van der Waals surface area contributed by atoms with Crippen molar-refractivity contribution < 1.29 is 0 Å². The number of nitrogens with two attached hydrogens (primary N) is 1. The van der Waals surface area contributed by atoms with Gasteiger partial charge in [-0.3, -0.25) is 5.73 Å². The highest BCUT2D eigenvalue weighted by Crippen LogP contribution is 2.32. The molecule has 3 nitrogen and oxygen atoms in total. The minimum absolute atomic E-state index is 0.0580. The van der Waals surface area contributed by atoms with Crippen LogP contribution in [0.25, 0.3) is 0 Å². The van der Waals surface area contributed by atoms with Crippen LogP contribution in [-0.2, 0) is 0 Å². The van der Waals surface area contributed by atoms with E-state index in [9.17, 15) is 0 Å². The van der Waals surface area contributed by atoms with Gasteiger partial charge in [0.15, 0.2) is 6.29 Å². The molecule has 1 unspecified atom stereocenters. The number of fused-ring (bicyclic) bond motifs is 1. The standard InChI is InChI=1S/C10H15N3/c1-2-7-13-9-6-4-3-5-8(9)12-10(13)11/h3-6,10,12H,2,7,11H2,1H3. The molecule has 0 aliphatic carbocycles. The Morgan fingerprint density at radius 2 is 2.23 bits per heavy atom. The quantitative estimate of drug-likeness (QED) is 0.720. The minimum atomic E-state index is -0.0580. The van der Waals surface area contributed by atoms with Crippen molar-refractivity contribution in [3.8, 4) is 0 Å². The molecular formula is C10H15N3. The fourth-order valence-electron chi connectivity index (χ4n) is 1.73. The molecule has 3 N–H and O–H groups in total. The van der Waals surface area contributed by atoms with Gasteiger partial charge in [-0.2, -0.15) is 0 Å². The Morgan fingerprint density at radius 3 is 3.00 bits per heavy atom. The van der Waals surface area contributed by atoms with Crippen LogP contribution in [-0.4, -0.2) is 12.8 Å². The number of anilines is 2. The van der Waals surface area contributed by atoms with Crippen molar-refractivity contribution in [2.45, 2.75) is 19.6 Å². The molecule has 0 saturated heterocycles. The first-order valence-corrected chi connectivity index (χ1v) is 4.70. The van der Waals surface area contributed by atoms with Gasteiger partial charge in [0.05, 0.1) is 11.4 Å². The Hall–Kier alpha value is -1.22. The van der Waals surface area contributed by atoms with Crippen molar-refractivity contribution in [2.75, 3.05) is 16.8 Å². The molecule has 1 heterocycles. The molecular weight excluding hydrogens is 162 g/mol. The number of rotatable bonds is 2. The Bertz CT molecular complexity index is 298. The van der Waals surface area contributed by atoms with Gasteiger partial charge in [-0.1, -0.05) is 19.1 Å². The number of hydrogen-bond donors (Lipinski definition) is 2. The van der Waals surface area contributed by atoms with E-state index in [0.29, 0.717) is 0 Å². The number of para-hydroxylation sites is 2. The van der Waals surface area contributed by atoms with Crippen LogP contribution >= 0.6 is 0 Å². The largest absolute Gasteiger partial charge is 0.351 e. The topological polar surface area (TPSA) is 41.3 Å². The molecule has 0 spiro atoms. The van der Waals surface area contributed by atoms with Crippen LogP contribution in [0.1, 0.15) is 13.3 Å². The van der Waals surface area contributed by atoms with Crippen LogP contribution in [0.3, 0.4) is 0 Å². The third-order valence-corrected chi connectivity index (χ3v) is 2.32. The SMILES string of the molecule is CCCN1c2ccccc2NC1N. The highest BCUT2D eigenvalue weighted by atomic mass is 15.4. The van der Waals surface area contributed by atoms with E-state index < -0.39 is 0 Å². The molecule has 0 saturated carbocycles. The third-order valence-electron chi connectivity index (χ3n) is 2.32. The van der Waals surface area contributed by atoms with E-state index in [1.165, 1.54) is 5.69 Å². The summed E-state index contributed by atoms with van der Waals surface area (Å²) >= 11 is 0. The van der Waals surface area contributed by atoms with Crippen LogP contribution < -0.4 is 16.0 Å². The van der Waals surface area contributed by atoms with Crippen molar-refractivity contribution in [1.82, 2.24) is 0 Å². The minimum Gasteiger partial charge on any atom is -0.351 e. The Kier molecular flexibility index (Phi) is 2.10. The second-order valence-corrected chi connectivity index (χ2v) is 3.30. The average Bonchev–Trinajstić information content (AvgIpc) is 2.44. The smallest absolute Gasteiger partial charge is 0.153 e. The van der Waals surface area contributed by atoms with E-state index in [0.717, 1.165) is 18.7 Å². The lowest BCUT2D eigenvalue weighted by atomic mass is 10.2. The molecule has 0 fully saturated rings. The lowest BCUT2D eigenvalue weighted by Crippen LogP contribution is -2.43. The zero-order valence-corrected chi connectivity index (χ0v) is 7.83. The molecule has 3 heteroatoms. The Labute approximate surface area is 78.5 Å². The molecule has 0 amide bonds. The summed E-state index contributed by atoms with van der Waals surface area (Å²) in [6, 6.07) is 8.23. The lowest BCUT2D eigenvalue weighted by molar-refractivity contribution is 0.685. The molecule has 1 aromatic rings. The highest BCUT2D eigenvalue weighted by molar-refractivity contribution is 5.75. The second-order valence-electron chi connectivity index (χ2n) is 3.30. The predicted octanol–water partition coefficient (Wildman–Crippen LogP) is 1.57. The van der Waals surface area contributed by atoms with Gasteiger partial charge in [-0.15, -0.1) is 0 Å². The summed E-state index contributed by atoms with van der Waals surface area (Å²) in [7, 11) is 0. The predicted molar refractivity (Wildman–Crippen MR) is 55.7 cm³/mol. The van der Waals surface area contributed by atoms with E-state index in [1.807, 2.05) is 12.1 Å². The maximum absolute atomic E-state index is 5.93. The van der Waals surface area contributed by atoms with Gasteiger partial charge in [0.1, 0.15) is 0 Å².